The number of benzene rings is 1. The minimum Gasteiger partial charge on any atom is -1.00 e. The van der Waals surface area contributed by atoms with Crippen LogP contribution in [0.2, 0.25) is 10.0 Å². The Hall–Kier alpha value is -0.970. The zero-order valence-corrected chi connectivity index (χ0v) is 14.6. The molecule has 0 aliphatic rings. The maximum Gasteiger partial charge on any atom is 0.158 e. The van der Waals surface area contributed by atoms with Gasteiger partial charge in [0.25, 0.3) is 0 Å². The van der Waals surface area contributed by atoms with E-state index in [1.54, 1.807) is 23.5 Å². The monoisotopic (exact) mass is 373 g/mol. The van der Waals surface area contributed by atoms with E-state index in [-0.39, 0.29) is 12.4 Å². The smallest absolute Gasteiger partial charge is 0.158 e. The van der Waals surface area contributed by atoms with Gasteiger partial charge in [0, 0.05) is 10.6 Å². The molecule has 0 aliphatic heterocycles. The van der Waals surface area contributed by atoms with Crippen LogP contribution in [0.15, 0.2) is 52.3 Å². The van der Waals surface area contributed by atoms with Crippen molar-refractivity contribution >= 4 is 34.5 Å². The number of hydrogen-bond acceptors (Lipinski definition) is 2. The van der Waals surface area contributed by atoms with E-state index in [0.717, 1.165) is 30.2 Å². The van der Waals surface area contributed by atoms with Gasteiger partial charge in [0.1, 0.15) is 18.8 Å². The SMILES string of the molecule is Clc1ccc(Cl)c(-c2ccc(C[NH2+]Cc3cccs3)o2)c1.[Cl-]. The first-order chi connectivity index (χ1) is 10.2. The number of rotatable bonds is 5. The van der Waals surface area contributed by atoms with Gasteiger partial charge in [-0.25, -0.2) is 0 Å². The van der Waals surface area contributed by atoms with E-state index < -0.39 is 0 Å². The lowest BCUT2D eigenvalue weighted by Crippen LogP contribution is -3.00. The number of furan rings is 1. The summed E-state index contributed by atoms with van der Waals surface area (Å²) in [6, 6.07) is 13.5. The molecule has 1 aromatic carbocycles. The van der Waals surface area contributed by atoms with Crippen molar-refractivity contribution in [1.29, 1.82) is 0 Å². The topological polar surface area (TPSA) is 29.8 Å². The predicted molar refractivity (Wildman–Crippen MR) is 87.8 cm³/mol. The molecule has 0 amide bonds. The van der Waals surface area contributed by atoms with Crippen molar-refractivity contribution < 1.29 is 22.1 Å². The van der Waals surface area contributed by atoms with Crippen molar-refractivity contribution in [1.82, 2.24) is 0 Å². The third kappa shape index (κ3) is 4.28. The van der Waals surface area contributed by atoms with Gasteiger partial charge >= 0.3 is 0 Å². The van der Waals surface area contributed by atoms with E-state index in [4.69, 9.17) is 27.6 Å². The molecule has 6 heteroatoms. The maximum atomic E-state index is 6.19. The Balaban J connectivity index is 0.00000176. The molecule has 0 atom stereocenters. The molecule has 0 spiro atoms. The molecule has 3 rings (SSSR count). The Morgan fingerprint density at radius 1 is 1.05 bits per heavy atom. The van der Waals surface area contributed by atoms with Crippen LogP contribution in [0.4, 0.5) is 0 Å². The summed E-state index contributed by atoms with van der Waals surface area (Å²) in [5.74, 6) is 1.68. The molecule has 0 fully saturated rings. The number of thiophene rings is 1. The predicted octanol–water partition coefficient (Wildman–Crippen LogP) is 1.58. The van der Waals surface area contributed by atoms with Crippen LogP contribution in [0, 0.1) is 0 Å². The second-order valence-corrected chi connectivity index (χ2v) is 6.54. The van der Waals surface area contributed by atoms with Gasteiger partial charge < -0.3 is 22.1 Å². The molecule has 0 radical (unpaired) electrons. The normalized spacial score (nSPS) is 10.5. The molecule has 0 saturated heterocycles. The minimum atomic E-state index is 0. The molecule has 2 heterocycles. The van der Waals surface area contributed by atoms with E-state index in [9.17, 15) is 0 Å². The fourth-order valence-electron chi connectivity index (χ4n) is 2.10. The number of halogens is 3. The van der Waals surface area contributed by atoms with Gasteiger partial charge in [0.05, 0.1) is 9.90 Å². The van der Waals surface area contributed by atoms with E-state index in [1.807, 2.05) is 18.2 Å². The zero-order chi connectivity index (χ0) is 14.7. The first-order valence-electron chi connectivity index (χ1n) is 6.60. The number of quaternary nitrogens is 1. The van der Waals surface area contributed by atoms with Crippen LogP contribution < -0.4 is 17.7 Å². The first-order valence-corrected chi connectivity index (χ1v) is 8.24. The summed E-state index contributed by atoms with van der Waals surface area (Å²) in [5, 5.41) is 5.60. The van der Waals surface area contributed by atoms with E-state index in [2.05, 4.69) is 22.8 Å². The molecular weight excluding hydrogens is 361 g/mol. The Morgan fingerprint density at radius 3 is 2.68 bits per heavy atom. The van der Waals surface area contributed by atoms with Crippen LogP contribution in [0.25, 0.3) is 11.3 Å². The van der Waals surface area contributed by atoms with Crippen molar-refractivity contribution in [3.63, 3.8) is 0 Å². The zero-order valence-electron chi connectivity index (χ0n) is 11.6. The van der Waals surface area contributed by atoms with Crippen LogP contribution in [0.3, 0.4) is 0 Å². The Morgan fingerprint density at radius 2 is 1.91 bits per heavy atom. The quantitative estimate of drug-likeness (QED) is 0.722. The molecule has 2 aromatic heterocycles. The molecule has 116 valence electrons. The Kier molecular flexibility index (Phi) is 6.36. The molecule has 0 saturated carbocycles. The highest BCUT2D eigenvalue weighted by Crippen LogP contribution is 2.31. The highest BCUT2D eigenvalue weighted by molar-refractivity contribution is 7.09. The third-order valence-electron chi connectivity index (χ3n) is 3.13. The van der Waals surface area contributed by atoms with Crippen molar-refractivity contribution in [2.75, 3.05) is 0 Å². The van der Waals surface area contributed by atoms with E-state index in [0.29, 0.717) is 10.0 Å². The second-order valence-electron chi connectivity index (χ2n) is 4.67. The van der Waals surface area contributed by atoms with Crippen LogP contribution >= 0.6 is 34.5 Å². The fourth-order valence-corrected chi connectivity index (χ4v) is 3.19. The summed E-state index contributed by atoms with van der Waals surface area (Å²) in [6.07, 6.45) is 0. The van der Waals surface area contributed by atoms with Gasteiger partial charge in [-0.2, -0.15) is 0 Å². The van der Waals surface area contributed by atoms with Crippen molar-refractivity contribution in [2.45, 2.75) is 13.1 Å². The summed E-state index contributed by atoms with van der Waals surface area (Å²) < 4.78 is 5.85. The molecule has 0 bridgehead atoms. The maximum absolute atomic E-state index is 6.19. The second kappa shape index (κ2) is 8.04. The van der Waals surface area contributed by atoms with Gasteiger partial charge in [0.2, 0.25) is 0 Å². The van der Waals surface area contributed by atoms with Crippen molar-refractivity contribution in [3.8, 4) is 11.3 Å². The Labute approximate surface area is 149 Å². The summed E-state index contributed by atoms with van der Waals surface area (Å²) >= 11 is 14.0. The van der Waals surface area contributed by atoms with Crippen LogP contribution in [-0.4, -0.2) is 0 Å². The standard InChI is InChI=1S/C16H13Cl2NOS.ClH/c17-11-3-5-15(18)14(8-11)16-6-4-12(20-16)9-19-10-13-2-1-7-21-13;/h1-8,19H,9-10H2;1H. The van der Waals surface area contributed by atoms with Crippen LogP contribution in [-0.2, 0) is 13.1 Å². The molecule has 2 nitrogen and oxygen atoms in total. The van der Waals surface area contributed by atoms with Gasteiger partial charge in [0.15, 0.2) is 5.76 Å². The minimum absolute atomic E-state index is 0. The van der Waals surface area contributed by atoms with Crippen LogP contribution in [0.5, 0.6) is 0 Å². The van der Waals surface area contributed by atoms with Gasteiger partial charge in [-0.1, -0.05) is 29.3 Å². The molecule has 0 unspecified atom stereocenters. The van der Waals surface area contributed by atoms with Gasteiger partial charge in [-0.15, -0.1) is 11.3 Å². The first kappa shape index (κ1) is 17.4. The molecule has 3 aromatic rings. The van der Waals surface area contributed by atoms with Gasteiger partial charge in [-0.3, -0.25) is 0 Å². The highest BCUT2D eigenvalue weighted by Gasteiger charge is 2.10. The van der Waals surface area contributed by atoms with E-state index >= 15 is 0 Å². The van der Waals surface area contributed by atoms with Crippen LogP contribution in [0.1, 0.15) is 10.6 Å². The molecular formula is C16H14Cl3NOS. The average Bonchev–Trinajstić information content (AvgIpc) is 3.13. The summed E-state index contributed by atoms with van der Waals surface area (Å²) in [7, 11) is 0. The lowest BCUT2D eigenvalue weighted by atomic mass is 10.2. The lowest BCUT2D eigenvalue weighted by molar-refractivity contribution is -0.687. The number of nitrogens with two attached hydrogens (primary N) is 1. The lowest BCUT2D eigenvalue weighted by Gasteiger charge is -2.01. The largest absolute Gasteiger partial charge is 1.00 e. The molecule has 0 aliphatic carbocycles. The van der Waals surface area contributed by atoms with Crippen molar-refractivity contribution in [3.05, 3.63) is 68.5 Å². The van der Waals surface area contributed by atoms with E-state index in [1.165, 1.54) is 4.88 Å². The Bertz CT molecular complexity index is 725. The molecule has 2 N–H and O–H groups in total. The fraction of sp³-hybridized carbons (Fsp3) is 0.125. The highest BCUT2D eigenvalue weighted by atomic mass is 35.5. The summed E-state index contributed by atoms with van der Waals surface area (Å²) in [6.45, 7) is 1.77. The summed E-state index contributed by atoms with van der Waals surface area (Å²) in [5.41, 5.74) is 0.827. The summed E-state index contributed by atoms with van der Waals surface area (Å²) in [4.78, 5) is 1.36. The number of hydrogen-bond donors (Lipinski definition) is 1. The molecule has 22 heavy (non-hydrogen) atoms. The average molecular weight is 375 g/mol. The third-order valence-corrected chi connectivity index (χ3v) is 4.59. The van der Waals surface area contributed by atoms with Crippen molar-refractivity contribution in [2.24, 2.45) is 0 Å². The van der Waals surface area contributed by atoms with Gasteiger partial charge in [-0.05, 0) is 41.8 Å².